The van der Waals surface area contributed by atoms with E-state index in [1.165, 1.54) is 0 Å². The number of anilines is 1. The molecular formula is C16H17NO3S. The first-order chi connectivity index (χ1) is 10.1. The van der Waals surface area contributed by atoms with Crippen molar-refractivity contribution in [3.8, 4) is 0 Å². The number of aryl methyl sites for hydroxylation is 1. The monoisotopic (exact) mass is 303 g/mol. The summed E-state index contributed by atoms with van der Waals surface area (Å²) >= 11 is 1.56. The highest BCUT2D eigenvalue weighted by Crippen LogP contribution is 2.22. The van der Waals surface area contributed by atoms with E-state index in [2.05, 4.69) is 5.32 Å². The van der Waals surface area contributed by atoms with Gasteiger partial charge in [0.1, 0.15) is 0 Å². The van der Waals surface area contributed by atoms with Crippen molar-refractivity contribution in [3.05, 3.63) is 52.2 Å². The van der Waals surface area contributed by atoms with Crippen LogP contribution >= 0.6 is 11.3 Å². The molecule has 1 aromatic heterocycles. The van der Waals surface area contributed by atoms with E-state index in [1.54, 1.807) is 11.3 Å². The second kappa shape index (κ2) is 7.04. The van der Waals surface area contributed by atoms with Gasteiger partial charge >= 0.3 is 5.97 Å². The molecule has 21 heavy (non-hydrogen) atoms. The smallest absolute Gasteiger partial charge is 0.303 e. The Labute approximate surface area is 127 Å². The Balaban J connectivity index is 2.00. The molecule has 0 bridgehead atoms. The van der Waals surface area contributed by atoms with Crippen LogP contribution < -0.4 is 5.32 Å². The van der Waals surface area contributed by atoms with E-state index in [-0.39, 0.29) is 18.2 Å². The number of aliphatic carboxylic acids is 1. The lowest BCUT2D eigenvalue weighted by atomic mass is 10.1. The van der Waals surface area contributed by atoms with Crippen molar-refractivity contribution in [2.24, 2.45) is 0 Å². The number of rotatable bonds is 6. The lowest BCUT2D eigenvalue weighted by molar-refractivity contribution is -0.137. The van der Waals surface area contributed by atoms with E-state index in [1.807, 2.05) is 48.7 Å². The first-order valence-corrected chi connectivity index (χ1v) is 7.59. The molecule has 0 fully saturated rings. The summed E-state index contributed by atoms with van der Waals surface area (Å²) in [5, 5.41) is 13.5. The Morgan fingerprint density at radius 3 is 2.76 bits per heavy atom. The third-order valence-electron chi connectivity index (χ3n) is 3.19. The van der Waals surface area contributed by atoms with Crippen molar-refractivity contribution < 1.29 is 14.7 Å². The predicted octanol–water partition coefficient (Wildman–Crippen LogP) is 3.51. The molecule has 1 aromatic carbocycles. The molecule has 5 heteroatoms. The predicted molar refractivity (Wildman–Crippen MR) is 83.8 cm³/mol. The average Bonchev–Trinajstić information content (AvgIpc) is 2.98. The molecule has 0 radical (unpaired) electrons. The van der Waals surface area contributed by atoms with Crippen LogP contribution in [-0.2, 0) is 16.0 Å². The number of thiophene rings is 1. The number of hydrogen-bond acceptors (Lipinski definition) is 3. The van der Waals surface area contributed by atoms with Gasteiger partial charge in [0, 0.05) is 17.0 Å². The third kappa shape index (κ3) is 4.43. The summed E-state index contributed by atoms with van der Waals surface area (Å²) in [6, 6.07) is 11.2. The van der Waals surface area contributed by atoms with E-state index in [0.29, 0.717) is 12.1 Å². The highest BCUT2D eigenvalue weighted by molar-refractivity contribution is 7.10. The Kier molecular flexibility index (Phi) is 5.11. The van der Waals surface area contributed by atoms with Crippen molar-refractivity contribution in [1.82, 2.24) is 0 Å². The van der Waals surface area contributed by atoms with Crippen molar-refractivity contribution in [3.63, 3.8) is 0 Å². The van der Waals surface area contributed by atoms with Crippen LogP contribution in [0.25, 0.3) is 0 Å². The number of carboxylic acid groups (broad SMARTS) is 1. The summed E-state index contributed by atoms with van der Waals surface area (Å²) < 4.78 is 0. The van der Waals surface area contributed by atoms with E-state index in [4.69, 9.17) is 5.11 Å². The summed E-state index contributed by atoms with van der Waals surface area (Å²) in [6.07, 6.45) is 0.544. The van der Waals surface area contributed by atoms with Gasteiger partial charge in [-0.15, -0.1) is 11.3 Å². The standard InChI is InChI=1S/C16H17NO3S/c1-11(14-6-3-9-21-14)16(20)17-13-5-2-4-12(10-13)7-8-15(18)19/h2-6,9-11H,7-8H2,1H3,(H,17,20)(H,18,19). The summed E-state index contributed by atoms with van der Waals surface area (Å²) in [5.41, 5.74) is 1.60. The second-order valence-corrected chi connectivity index (χ2v) is 5.80. The van der Waals surface area contributed by atoms with Gasteiger partial charge in [-0.2, -0.15) is 0 Å². The normalized spacial score (nSPS) is 11.9. The minimum Gasteiger partial charge on any atom is -0.481 e. The van der Waals surface area contributed by atoms with E-state index < -0.39 is 5.97 Å². The van der Waals surface area contributed by atoms with Gasteiger partial charge in [-0.3, -0.25) is 9.59 Å². The third-order valence-corrected chi connectivity index (χ3v) is 4.24. The number of nitrogens with one attached hydrogen (secondary N) is 1. The van der Waals surface area contributed by atoms with Gasteiger partial charge in [0.15, 0.2) is 0 Å². The van der Waals surface area contributed by atoms with Crippen LogP contribution in [0.2, 0.25) is 0 Å². The van der Waals surface area contributed by atoms with Gasteiger partial charge in [0.2, 0.25) is 5.91 Å². The Morgan fingerprint density at radius 2 is 2.10 bits per heavy atom. The largest absolute Gasteiger partial charge is 0.481 e. The van der Waals surface area contributed by atoms with Crippen LogP contribution in [0.15, 0.2) is 41.8 Å². The quantitative estimate of drug-likeness (QED) is 0.858. The maximum absolute atomic E-state index is 12.2. The van der Waals surface area contributed by atoms with Crippen molar-refractivity contribution in [2.75, 3.05) is 5.32 Å². The molecule has 1 unspecified atom stereocenters. The second-order valence-electron chi connectivity index (χ2n) is 4.82. The van der Waals surface area contributed by atoms with Gasteiger partial charge in [-0.05, 0) is 42.5 Å². The molecule has 0 saturated carbocycles. The number of benzene rings is 1. The molecule has 0 spiro atoms. The molecule has 4 nitrogen and oxygen atoms in total. The van der Waals surface area contributed by atoms with Crippen LogP contribution in [0.4, 0.5) is 5.69 Å². The number of carbonyl (C=O) groups excluding carboxylic acids is 1. The molecule has 0 aliphatic heterocycles. The Bertz CT molecular complexity index is 622. The first-order valence-electron chi connectivity index (χ1n) is 6.71. The first kappa shape index (κ1) is 15.3. The van der Waals surface area contributed by atoms with Gasteiger partial charge in [-0.1, -0.05) is 18.2 Å². The van der Waals surface area contributed by atoms with Crippen LogP contribution in [0.5, 0.6) is 0 Å². The fourth-order valence-electron chi connectivity index (χ4n) is 1.97. The van der Waals surface area contributed by atoms with Crippen LogP contribution in [0.3, 0.4) is 0 Å². The molecule has 1 atom stereocenters. The lowest BCUT2D eigenvalue weighted by Crippen LogP contribution is -2.18. The summed E-state index contributed by atoms with van der Waals surface area (Å²) in [4.78, 5) is 23.8. The highest BCUT2D eigenvalue weighted by atomic mass is 32.1. The highest BCUT2D eigenvalue weighted by Gasteiger charge is 2.16. The van der Waals surface area contributed by atoms with Crippen molar-refractivity contribution in [1.29, 1.82) is 0 Å². The van der Waals surface area contributed by atoms with E-state index >= 15 is 0 Å². The van der Waals surface area contributed by atoms with Crippen LogP contribution in [0.1, 0.15) is 29.7 Å². The van der Waals surface area contributed by atoms with E-state index in [9.17, 15) is 9.59 Å². The molecular weight excluding hydrogens is 286 g/mol. The molecule has 0 aliphatic carbocycles. The average molecular weight is 303 g/mol. The maximum Gasteiger partial charge on any atom is 0.303 e. The topological polar surface area (TPSA) is 66.4 Å². The minimum absolute atomic E-state index is 0.0622. The maximum atomic E-state index is 12.2. The fourth-order valence-corrected chi connectivity index (χ4v) is 2.76. The van der Waals surface area contributed by atoms with Crippen molar-refractivity contribution >= 4 is 28.9 Å². The SMILES string of the molecule is CC(C(=O)Nc1cccc(CCC(=O)O)c1)c1cccs1. The zero-order valence-electron chi connectivity index (χ0n) is 11.7. The molecule has 0 saturated heterocycles. The molecule has 0 aliphatic rings. The van der Waals surface area contributed by atoms with Gasteiger partial charge < -0.3 is 10.4 Å². The Morgan fingerprint density at radius 1 is 1.29 bits per heavy atom. The molecule has 2 rings (SSSR count). The van der Waals surface area contributed by atoms with Crippen molar-refractivity contribution in [2.45, 2.75) is 25.7 Å². The molecule has 1 amide bonds. The molecule has 110 valence electrons. The summed E-state index contributed by atoms with van der Waals surface area (Å²) in [5.74, 6) is -1.09. The fraction of sp³-hybridized carbons (Fsp3) is 0.250. The number of carbonyl (C=O) groups is 2. The zero-order chi connectivity index (χ0) is 15.2. The number of amides is 1. The molecule has 1 heterocycles. The lowest BCUT2D eigenvalue weighted by Gasteiger charge is -2.11. The number of carboxylic acids is 1. The van der Waals surface area contributed by atoms with Crippen LogP contribution in [0, 0.1) is 0 Å². The summed E-state index contributed by atoms with van der Waals surface area (Å²) in [7, 11) is 0. The van der Waals surface area contributed by atoms with Gasteiger partial charge in [0.05, 0.1) is 5.92 Å². The summed E-state index contributed by atoms with van der Waals surface area (Å²) in [6.45, 7) is 1.87. The Hall–Kier alpha value is -2.14. The number of hydrogen-bond donors (Lipinski definition) is 2. The molecule has 2 N–H and O–H groups in total. The van der Waals surface area contributed by atoms with E-state index in [0.717, 1.165) is 10.4 Å². The molecule has 2 aromatic rings. The van der Waals surface area contributed by atoms with Gasteiger partial charge in [0.25, 0.3) is 0 Å². The van der Waals surface area contributed by atoms with Gasteiger partial charge in [-0.25, -0.2) is 0 Å². The van der Waals surface area contributed by atoms with Crippen LogP contribution in [-0.4, -0.2) is 17.0 Å². The zero-order valence-corrected chi connectivity index (χ0v) is 12.5. The minimum atomic E-state index is -0.823.